The molecule has 2 aromatic rings. The zero-order valence-corrected chi connectivity index (χ0v) is 10.1. The quantitative estimate of drug-likeness (QED) is 0.480. The molecule has 1 aromatic carbocycles. The second-order valence-electron chi connectivity index (χ2n) is 2.73. The lowest BCUT2D eigenvalue weighted by molar-refractivity contribution is -0.384. The van der Waals surface area contributed by atoms with Crippen LogP contribution in [0.3, 0.4) is 0 Å². The number of non-ortho nitro benzene ring substituents is 1. The Kier molecular flexibility index (Phi) is 3.28. The van der Waals surface area contributed by atoms with Gasteiger partial charge in [-0.2, -0.15) is 4.37 Å². The van der Waals surface area contributed by atoms with E-state index in [4.69, 9.17) is 11.6 Å². The standard InChI is InChI=1S/C8H4ClN3O2S2/c9-7-8(15-16-11-7)10-5-1-3-6(4-2-5)12(13)14/h1-4H. The van der Waals surface area contributed by atoms with Crippen LogP contribution in [0.1, 0.15) is 0 Å². The summed E-state index contributed by atoms with van der Waals surface area (Å²) in [6.45, 7) is 0. The molecule has 0 unspecified atom stereocenters. The highest BCUT2D eigenvalue weighted by Gasteiger charge is 2.03. The normalized spacial score (nSPS) is 11.7. The lowest BCUT2D eigenvalue weighted by Gasteiger charge is -1.92. The smallest absolute Gasteiger partial charge is 0.258 e. The maximum Gasteiger partial charge on any atom is 0.269 e. The average molecular weight is 274 g/mol. The highest BCUT2D eigenvalue weighted by molar-refractivity contribution is 7.66. The van der Waals surface area contributed by atoms with Crippen LogP contribution in [-0.2, 0) is 0 Å². The first-order chi connectivity index (χ1) is 7.66. The number of hydrogen-bond acceptors (Lipinski definition) is 6. The molecule has 0 fully saturated rings. The van der Waals surface area contributed by atoms with Crippen LogP contribution in [0.25, 0.3) is 0 Å². The highest BCUT2D eigenvalue weighted by Crippen LogP contribution is 2.18. The monoisotopic (exact) mass is 273 g/mol. The zero-order chi connectivity index (χ0) is 11.5. The summed E-state index contributed by atoms with van der Waals surface area (Å²) in [6, 6.07) is 5.94. The van der Waals surface area contributed by atoms with Crippen molar-refractivity contribution in [1.82, 2.24) is 4.37 Å². The second-order valence-corrected chi connectivity index (χ2v) is 4.92. The molecule has 0 aliphatic carbocycles. The van der Waals surface area contributed by atoms with Crippen LogP contribution < -0.4 is 4.67 Å². The molecule has 0 radical (unpaired) electrons. The molecule has 0 saturated heterocycles. The van der Waals surface area contributed by atoms with Gasteiger partial charge in [-0.15, -0.1) is 0 Å². The Morgan fingerprint density at radius 1 is 1.38 bits per heavy atom. The van der Waals surface area contributed by atoms with Crippen molar-refractivity contribution in [3.8, 4) is 0 Å². The Morgan fingerprint density at radius 2 is 2.06 bits per heavy atom. The number of hydrogen-bond donors (Lipinski definition) is 0. The molecule has 16 heavy (non-hydrogen) atoms. The molecule has 0 atom stereocenters. The summed E-state index contributed by atoms with van der Waals surface area (Å²) in [4.78, 5) is 14.2. The molecule has 0 aliphatic rings. The van der Waals surface area contributed by atoms with Crippen LogP contribution in [0.4, 0.5) is 11.4 Å². The van der Waals surface area contributed by atoms with Gasteiger partial charge in [0.15, 0.2) is 9.82 Å². The van der Waals surface area contributed by atoms with Gasteiger partial charge in [0.1, 0.15) is 0 Å². The molecule has 0 saturated carbocycles. The van der Waals surface area contributed by atoms with E-state index in [0.717, 1.165) is 0 Å². The van der Waals surface area contributed by atoms with Gasteiger partial charge in [-0.25, -0.2) is 4.99 Å². The lowest BCUT2D eigenvalue weighted by Crippen LogP contribution is -1.92. The van der Waals surface area contributed by atoms with Gasteiger partial charge in [-0.3, -0.25) is 10.1 Å². The van der Waals surface area contributed by atoms with E-state index in [1.807, 2.05) is 0 Å². The predicted molar refractivity (Wildman–Crippen MR) is 63.3 cm³/mol. The fourth-order valence-corrected chi connectivity index (χ4v) is 2.98. The van der Waals surface area contributed by atoms with E-state index in [2.05, 4.69) is 9.37 Å². The van der Waals surface area contributed by atoms with E-state index >= 15 is 0 Å². The first kappa shape index (κ1) is 11.2. The maximum absolute atomic E-state index is 10.4. The zero-order valence-electron chi connectivity index (χ0n) is 7.66. The minimum absolute atomic E-state index is 0.0390. The van der Waals surface area contributed by atoms with E-state index in [1.54, 1.807) is 12.1 Å². The largest absolute Gasteiger partial charge is 0.269 e. The molecule has 5 nitrogen and oxygen atoms in total. The van der Waals surface area contributed by atoms with Crippen molar-refractivity contribution in [3.05, 3.63) is 44.2 Å². The summed E-state index contributed by atoms with van der Waals surface area (Å²) in [6.07, 6.45) is 0. The number of rotatable bonds is 2. The van der Waals surface area contributed by atoms with E-state index in [1.165, 1.54) is 33.0 Å². The molecular formula is C8H4ClN3O2S2. The predicted octanol–water partition coefficient (Wildman–Crippen LogP) is 3.00. The van der Waals surface area contributed by atoms with Crippen molar-refractivity contribution in [2.24, 2.45) is 4.99 Å². The minimum atomic E-state index is -0.453. The first-order valence-electron chi connectivity index (χ1n) is 4.07. The van der Waals surface area contributed by atoms with Crippen molar-refractivity contribution in [2.75, 3.05) is 0 Å². The molecule has 82 valence electrons. The van der Waals surface area contributed by atoms with Crippen LogP contribution in [0.15, 0.2) is 29.3 Å². The SMILES string of the molecule is O=[N+]([O-])c1ccc(N=c2ssnc2Cl)cc1. The molecule has 0 amide bonds. The number of nitro groups is 1. The summed E-state index contributed by atoms with van der Waals surface area (Å²) in [5.41, 5.74) is 0.654. The summed E-state index contributed by atoms with van der Waals surface area (Å²) in [5.74, 6) is 0. The van der Waals surface area contributed by atoms with Crippen LogP contribution in [-0.4, -0.2) is 9.30 Å². The first-order valence-corrected chi connectivity index (χ1v) is 6.56. The topological polar surface area (TPSA) is 68.4 Å². The lowest BCUT2D eigenvalue weighted by atomic mass is 10.3. The van der Waals surface area contributed by atoms with Gasteiger partial charge in [0.25, 0.3) is 5.69 Å². The Hall–Kier alpha value is -1.31. The minimum Gasteiger partial charge on any atom is -0.258 e. The Bertz CT molecular complexity index is 575. The van der Waals surface area contributed by atoms with Crippen molar-refractivity contribution in [3.63, 3.8) is 0 Å². The van der Waals surface area contributed by atoms with Gasteiger partial charge in [-0.1, -0.05) is 11.6 Å². The van der Waals surface area contributed by atoms with Gasteiger partial charge < -0.3 is 0 Å². The van der Waals surface area contributed by atoms with Crippen molar-refractivity contribution >= 4 is 43.9 Å². The summed E-state index contributed by atoms with van der Waals surface area (Å²) in [5, 5.41) is 10.8. The molecule has 0 spiro atoms. The molecule has 0 bridgehead atoms. The molecule has 1 aromatic heterocycles. The summed E-state index contributed by atoms with van der Waals surface area (Å²) in [7, 11) is 2.60. The van der Waals surface area contributed by atoms with Crippen molar-refractivity contribution < 1.29 is 4.92 Å². The maximum atomic E-state index is 10.4. The van der Waals surface area contributed by atoms with Gasteiger partial charge in [0.05, 0.1) is 10.6 Å². The number of nitrogens with zero attached hydrogens (tertiary/aromatic N) is 3. The summed E-state index contributed by atoms with van der Waals surface area (Å²) >= 11 is 5.78. The molecule has 0 aliphatic heterocycles. The Morgan fingerprint density at radius 3 is 2.56 bits per heavy atom. The molecule has 1 heterocycles. The number of halogens is 1. The highest BCUT2D eigenvalue weighted by atomic mass is 35.5. The van der Waals surface area contributed by atoms with Gasteiger partial charge in [0, 0.05) is 22.7 Å². The van der Waals surface area contributed by atoms with Gasteiger partial charge in [0.2, 0.25) is 0 Å². The molecule has 2 rings (SSSR count). The van der Waals surface area contributed by atoms with Crippen LogP contribution >= 0.6 is 32.5 Å². The number of benzene rings is 1. The number of aromatic nitrogens is 1. The summed E-state index contributed by atoms with van der Waals surface area (Å²) < 4.78 is 4.49. The van der Waals surface area contributed by atoms with E-state index in [0.29, 0.717) is 15.5 Å². The molecule has 0 N–H and O–H groups in total. The fourth-order valence-electron chi connectivity index (χ4n) is 0.991. The van der Waals surface area contributed by atoms with E-state index in [-0.39, 0.29) is 5.69 Å². The third-order valence-electron chi connectivity index (χ3n) is 1.70. The fraction of sp³-hybridized carbons (Fsp3) is 0. The third kappa shape index (κ3) is 2.43. The van der Waals surface area contributed by atoms with Crippen LogP contribution in [0, 0.1) is 10.1 Å². The van der Waals surface area contributed by atoms with Crippen molar-refractivity contribution in [2.45, 2.75) is 0 Å². The molecular weight excluding hydrogens is 270 g/mol. The van der Waals surface area contributed by atoms with Gasteiger partial charge >= 0.3 is 0 Å². The average Bonchev–Trinajstić information content (AvgIpc) is 2.65. The Balaban J connectivity index is 2.37. The number of nitro benzene ring substituents is 1. The second kappa shape index (κ2) is 4.69. The van der Waals surface area contributed by atoms with E-state index in [9.17, 15) is 10.1 Å². The Labute approximate surface area is 102 Å². The third-order valence-corrected chi connectivity index (χ3v) is 3.87. The van der Waals surface area contributed by atoms with Crippen molar-refractivity contribution in [1.29, 1.82) is 0 Å². The van der Waals surface area contributed by atoms with Crippen LogP contribution in [0.2, 0.25) is 5.15 Å². The van der Waals surface area contributed by atoms with Crippen LogP contribution in [0.5, 0.6) is 0 Å². The van der Waals surface area contributed by atoms with E-state index < -0.39 is 4.92 Å². The molecule has 8 heteroatoms. The van der Waals surface area contributed by atoms with Gasteiger partial charge in [-0.05, 0) is 22.5 Å².